The summed E-state index contributed by atoms with van der Waals surface area (Å²) in [5.41, 5.74) is 4.23. The molecule has 6 heteroatoms. The summed E-state index contributed by atoms with van der Waals surface area (Å²) in [4.78, 5) is 27.8. The van der Waals surface area contributed by atoms with Crippen LogP contribution in [0.5, 0.6) is 0 Å². The molecule has 0 saturated heterocycles. The van der Waals surface area contributed by atoms with Gasteiger partial charge in [0.05, 0.1) is 10.9 Å². The van der Waals surface area contributed by atoms with E-state index >= 15 is 0 Å². The summed E-state index contributed by atoms with van der Waals surface area (Å²) in [7, 11) is 0.736. The van der Waals surface area contributed by atoms with Gasteiger partial charge in [-0.05, 0) is 36.2 Å². The first-order valence-corrected chi connectivity index (χ1v) is 11.1. The van der Waals surface area contributed by atoms with Gasteiger partial charge in [-0.2, -0.15) is 0 Å². The van der Waals surface area contributed by atoms with Crippen LogP contribution in [0.3, 0.4) is 0 Å². The van der Waals surface area contributed by atoms with Crippen LogP contribution < -0.4 is 16.5 Å². The molecular formula is C26H25BN2O3. The summed E-state index contributed by atoms with van der Waals surface area (Å²) < 4.78 is 7.80. The molecule has 2 aromatic carbocycles. The molecule has 0 spiro atoms. The molecule has 1 atom stereocenters. The highest BCUT2D eigenvalue weighted by Gasteiger charge is 2.22. The normalized spacial score (nSPS) is 16.5. The lowest BCUT2D eigenvalue weighted by molar-refractivity contribution is 0.345. The maximum atomic E-state index is 13.0. The molecule has 5 rings (SSSR count). The second-order valence-corrected chi connectivity index (χ2v) is 8.58. The maximum absolute atomic E-state index is 13.0. The Balaban J connectivity index is 1.45. The van der Waals surface area contributed by atoms with E-state index in [2.05, 4.69) is 11.7 Å². The Morgan fingerprint density at radius 3 is 2.66 bits per heavy atom. The zero-order valence-corrected chi connectivity index (χ0v) is 18.2. The Labute approximate surface area is 187 Å². The van der Waals surface area contributed by atoms with Crippen LogP contribution in [0.15, 0.2) is 87.0 Å². The van der Waals surface area contributed by atoms with E-state index in [1.165, 1.54) is 0 Å². The van der Waals surface area contributed by atoms with Gasteiger partial charge in [-0.3, -0.25) is 9.59 Å². The molecule has 0 aliphatic carbocycles. The number of aromatic nitrogens is 1. The van der Waals surface area contributed by atoms with Gasteiger partial charge in [0.2, 0.25) is 7.41 Å². The Hall–Kier alpha value is -3.38. The largest absolute Gasteiger partial charge is 0.463 e. The average Bonchev–Trinajstić information content (AvgIpc) is 2.99. The summed E-state index contributed by atoms with van der Waals surface area (Å²) in [6, 6.07) is 21.0. The smallest absolute Gasteiger partial charge is 0.250 e. The van der Waals surface area contributed by atoms with E-state index in [9.17, 15) is 9.59 Å². The number of pyridine rings is 1. The SMILES string of the molecule is CC[C@H]1CN(Bc2ccc3c(=O)c(-c4ccccc4)coc3c2)Cc2cccc(=O)n2C1. The van der Waals surface area contributed by atoms with Gasteiger partial charge >= 0.3 is 0 Å². The molecule has 0 N–H and O–H groups in total. The minimum atomic E-state index is -0.0156. The molecule has 0 saturated carbocycles. The molecule has 32 heavy (non-hydrogen) atoms. The fourth-order valence-electron chi connectivity index (χ4n) is 4.61. The summed E-state index contributed by atoms with van der Waals surface area (Å²) in [5.74, 6) is 0.420. The third kappa shape index (κ3) is 3.94. The molecule has 4 aromatic rings. The van der Waals surface area contributed by atoms with Crippen molar-refractivity contribution in [1.82, 2.24) is 9.38 Å². The van der Waals surface area contributed by atoms with Crippen molar-refractivity contribution in [2.24, 2.45) is 5.92 Å². The van der Waals surface area contributed by atoms with Crippen LogP contribution in [0, 0.1) is 5.92 Å². The van der Waals surface area contributed by atoms with Gasteiger partial charge in [0.25, 0.3) is 5.56 Å². The van der Waals surface area contributed by atoms with Crippen LogP contribution in [0.1, 0.15) is 19.0 Å². The highest BCUT2D eigenvalue weighted by atomic mass is 16.3. The van der Waals surface area contributed by atoms with E-state index in [1.807, 2.05) is 65.2 Å². The first kappa shape index (κ1) is 20.5. The molecule has 0 amide bonds. The average molecular weight is 424 g/mol. The molecule has 0 bridgehead atoms. The van der Waals surface area contributed by atoms with Crippen LogP contribution >= 0.6 is 0 Å². The minimum Gasteiger partial charge on any atom is -0.463 e. The van der Waals surface area contributed by atoms with E-state index in [1.54, 1.807) is 12.3 Å². The molecule has 160 valence electrons. The molecular weight excluding hydrogens is 399 g/mol. The molecule has 0 unspecified atom stereocenters. The van der Waals surface area contributed by atoms with Crippen molar-refractivity contribution in [3.8, 4) is 11.1 Å². The van der Waals surface area contributed by atoms with Crippen molar-refractivity contribution in [3.05, 3.63) is 99.3 Å². The number of hydrogen-bond donors (Lipinski definition) is 0. The quantitative estimate of drug-likeness (QED) is 0.473. The highest BCUT2D eigenvalue weighted by molar-refractivity contribution is 6.51. The molecule has 5 nitrogen and oxygen atoms in total. The molecule has 3 heterocycles. The Morgan fingerprint density at radius 1 is 1.00 bits per heavy atom. The van der Waals surface area contributed by atoms with Gasteiger partial charge in [0.15, 0.2) is 5.43 Å². The molecule has 1 aliphatic rings. The fourth-order valence-corrected chi connectivity index (χ4v) is 4.61. The van der Waals surface area contributed by atoms with Gasteiger partial charge in [-0.15, -0.1) is 0 Å². The first-order chi connectivity index (χ1) is 15.6. The van der Waals surface area contributed by atoms with Crippen molar-refractivity contribution in [2.75, 3.05) is 6.54 Å². The summed E-state index contributed by atoms with van der Waals surface area (Å²) in [6.45, 7) is 4.59. The Morgan fingerprint density at radius 2 is 1.84 bits per heavy atom. The van der Waals surface area contributed by atoms with Crippen molar-refractivity contribution >= 4 is 23.8 Å². The third-order valence-electron chi connectivity index (χ3n) is 6.39. The summed E-state index contributed by atoms with van der Waals surface area (Å²) >= 11 is 0. The fraction of sp³-hybridized carbons (Fsp3) is 0.231. The van der Waals surface area contributed by atoms with Gasteiger partial charge in [-0.25, -0.2) is 0 Å². The van der Waals surface area contributed by atoms with E-state index in [-0.39, 0.29) is 11.0 Å². The van der Waals surface area contributed by atoms with Crippen molar-refractivity contribution in [2.45, 2.75) is 26.4 Å². The lowest BCUT2D eigenvalue weighted by Gasteiger charge is -2.22. The predicted molar refractivity (Wildman–Crippen MR) is 130 cm³/mol. The number of fused-ring (bicyclic) bond motifs is 2. The van der Waals surface area contributed by atoms with E-state index < -0.39 is 0 Å². The van der Waals surface area contributed by atoms with E-state index in [0.717, 1.165) is 50.2 Å². The van der Waals surface area contributed by atoms with Crippen LogP contribution in [0.4, 0.5) is 0 Å². The van der Waals surface area contributed by atoms with Crippen LogP contribution in [-0.2, 0) is 13.1 Å². The molecule has 2 aromatic heterocycles. The van der Waals surface area contributed by atoms with Crippen molar-refractivity contribution in [1.29, 1.82) is 0 Å². The highest BCUT2D eigenvalue weighted by Crippen LogP contribution is 2.20. The standard InChI is InChI=1S/C26H25BN2O3/c1-2-18-14-28(16-21-9-6-10-25(30)29(21)15-18)27-20-11-12-22-24(13-20)32-17-23(26(22)31)19-7-4-3-5-8-19/h3-13,17-18,27H,2,14-16H2,1H3/t18-/m0/s1. The number of hydrogen-bond acceptors (Lipinski definition) is 4. The lowest BCUT2D eigenvalue weighted by atomic mass is 9.79. The van der Waals surface area contributed by atoms with Crippen molar-refractivity contribution in [3.63, 3.8) is 0 Å². The zero-order chi connectivity index (χ0) is 22.1. The van der Waals surface area contributed by atoms with Gasteiger partial charge in [0, 0.05) is 24.8 Å². The van der Waals surface area contributed by atoms with Crippen LogP contribution in [0.2, 0.25) is 0 Å². The Bertz CT molecular complexity index is 1380. The lowest BCUT2D eigenvalue weighted by Crippen LogP contribution is -2.37. The second-order valence-electron chi connectivity index (χ2n) is 8.58. The van der Waals surface area contributed by atoms with Gasteiger partial charge < -0.3 is 13.8 Å². The zero-order valence-electron chi connectivity index (χ0n) is 18.2. The van der Waals surface area contributed by atoms with Gasteiger partial charge in [0.1, 0.15) is 11.8 Å². The predicted octanol–water partition coefficient (Wildman–Crippen LogP) is 3.14. The first-order valence-electron chi connectivity index (χ1n) is 11.1. The third-order valence-corrected chi connectivity index (χ3v) is 6.39. The summed E-state index contributed by atoms with van der Waals surface area (Å²) in [6.07, 6.45) is 2.58. The minimum absolute atomic E-state index is 0.0156. The molecule has 0 radical (unpaired) electrons. The number of nitrogens with zero attached hydrogens (tertiary/aromatic N) is 2. The van der Waals surface area contributed by atoms with E-state index in [4.69, 9.17) is 4.42 Å². The summed E-state index contributed by atoms with van der Waals surface area (Å²) in [5, 5.41) is 0.592. The monoisotopic (exact) mass is 424 g/mol. The van der Waals surface area contributed by atoms with Crippen LogP contribution in [0.25, 0.3) is 22.1 Å². The number of rotatable bonds is 4. The van der Waals surface area contributed by atoms with Crippen molar-refractivity contribution < 1.29 is 4.42 Å². The topological polar surface area (TPSA) is 55.5 Å². The van der Waals surface area contributed by atoms with Crippen LogP contribution in [-0.4, -0.2) is 23.3 Å². The Kier molecular flexibility index (Phi) is 5.54. The maximum Gasteiger partial charge on any atom is 0.250 e. The second kappa shape index (κ2) is 8.63. The number of benzene rings is 2. The van der Waals surface area contributed by atoms with E-state index in [0.29, 0.717) is 22.5 Å². The van der Waals surface area contributed by atoms with Gasteiger partial charge in [-0.1, -0.05) is 61.3 Å². The molecule has 0 fully saturated rings. The molecule has 1 aliphatic heterocycles.